The van der Waals surface area contributed by atoms with Crippen LogP contribution in [-0.2, 0) is 16.6 Å². The zero-order valence-electron chi connectivity index (χ0n) is 13.0. The Kier molecular flexibility index (Phi) is 4.32. The zero-order valence-corrected chi connectivity index (χ0v) is 14.7. The van der Waals surface area contributed by atoms with Gasteiger partial charge in [-0.2, -0.15) is 0 Å². The van der Waals surface area contributed by atoms with Crippen molar-refractivity contribution < 1.29 is 13.5 Å². The second-order valence-corrected chi connectivity index (χ2v) is 9.54. The van der Waals surface area contributed by atoms with Gasteiger partial charge in [-0.05, 0) is 25.8 Å². The highest BCUT2D eigenvalue weighted by molar-refractivity contribution is 7.88. The Morgan fingerprint density at radius 3 is 2.86 bits per heavy atom. The topological polar surface area (TPSA) is 73.7 Å². The van der Waals surface area contributed by atoms with Crippen LogP contribution in [0.1, 0.15) is 17.0 Å². The van der Waals surface area contributed by atoms with E-state index in [0.717, 1.165) is 31.7 Å². The molecule has 0 saturated carbocycles. The van der Waals surface area contributed by atoms with Gasteiger partial charge in [0.15, 0.2) is 0 Å². The Bertz CT molecular complexity index is 646. The molecule has 124 valence electrons. The fourth-order valence-electron chi connectivity index (χ4n) is 3.64. The fourth-order valence-corrected chi connectivity index (χ4v) is 5.40. The minimum Gasteiger partial charge on any atom is -0.396 e. The molecule has 2 fully saturated rings. The molecule has 0 spiro atoms. The van der Waals surface area contributed by atoms with Crippen LogP contribution in [0.25, 0.3) is 0 Å². The van der Waals surface area contributed by atoms with Crippen molar-refractivity contribution in [2.45, 2.75) is 19.9 Å². The summed E-state index contributed by atoms with van der Waals surface area (Å²) in [6.45, 7) is 5.67. The van der Waals surface area contributed by atoms with E-state index >= 15 is 0 Å². The summed E-state index contributed by atoms with van der Waals surface area (Å²) >= 11 is 1.67. The molecule has 2 aliphatic rings. The smallest absolute Gasteiger partial charge is 0.211 e. The average Bonchev–Trinajstić information content (AvgIpc) is 3.03. The van der Waals surface area contributed by atoms with E-state index in [0.29, 0.717) is 13.1 Å². The molecule has 0 bridgehead atoms. The van der Waals surface area contributed by atoms with Gasteiger partial charge in [0.2, 0.25) is 10.0 Å². The van der Waals surface area contributed by atoms with Gasteiger partial charge in [-0.25, -0.2) is 17.7 Å². The molecule has 6 nitrogen and oxygen atoms in total. The number of likely N-dealkylation sites (tertiary alicyclic amines) is 1. The van der Waals surface area contributed by atoms with Crippen molar-refractivity contribution in [1.29, 1.82) is 0 Å². The summed E-state index contributed by atoms with van der Waals surface area (Å²) in [6.07, 6.45) is 2.10. The molecule has 1 aromatic rings. The summed E-state index contributed by atoms with van der Waals surface area (Å²) in [6, 6.07) is 0. The van der Waals surface area contributed by atoms with Crippen LogP contribution in [0.3, 0.4) is 0 Å². The van der Waals surface area contributed by atoms with E-state index in [9.17, 15) is 13.5 Å². The number of fused-ring (bicyclic) bond motifs is 1. The molecule has 2 atom stereocenters. The van der Waals surface area contributed by atoms with Crippen LogP contribution in [0.15, 0.2) is 5.51 Å². The van der Waals surface area contributed by atoms with Gasteiger partial charge in [0.25, 0.3) is 0 Å². The lowest BCUT2D eigenvalue weighted by Gasteiger charge is -2.42. The van der Waals surface area contributed by atoms with Crippen LogP contribution in [0, 0.1) is 18.3 Å². The molecule has 2 saturated heterocycles. The molecular formula is C14H23N3O3S2. The third-order valence-electron chi connectivity index (χ3n) is 5.18. The van der Waals surface area contributed by atoms with E-state index < -0.39 is 10.0 Å². The molecule has 3 rings (SSSR count). The number of hydrogen-bond donors (Lipinski definition) is 1. The van der Waals surface area contributed by atoms with Gasteiger partial charge >= 0.3 is 0 Å². The molecule has 1 N–H and O–H groups in total. The molecule has 1 aromatic heterocycles. The first-order valence-electron chi connectivity index (χ1n) is 7.51. The third kappa shape index (κ3) is 2.94. The van der Waals surface area contributed by atoms with Gasteiger partial charge in [0, 0.05) is 36.5 Å². The molecular weight excluding hydrogens is 322 g/mol. The van der Waals surface area contributed by atoms with Gasteiger partial charge in [-0.15, -0.1) is 11.3 Å². The van der Waals surface area contributed by atoms with E-state index in [-0.39, 0.29) is 17.9 Å². The maximum atomic E-state index is 11.8. The van der Waals surface area contributed by atoms with Crippen molar-refractivity contribution in [1.82, 2.24) is 14.2 Å². The summed E-state index contributed by atoms with van der Waals surface area (Å²) in [7, 11) is -3.19. The van der Waals surface area contributed by atoms with Crippen molar-refractivity contribution in [2.75, 3.05) is 39.0 Å². The number of aliphatic hydroxyl groups excluding tert-OH is 1. The van der Waals surface area contributed by atoms with Crippen LogP contribution in [0.4, 0.5) is 0 Å². The summed E-state index contributed by atoms with van der Waals surface area (Å²) < 4.78 is 25.2. The Morgan fingerprint density at radius 1 is 1.50 bits per heavy atom. The molecule has 0 amide bonds. The first-order valence-corrected chi connectivity index (χ1v) is 10.2. The van der Waals surface area contributed by atoms with E-state index in [1.54, 1.807) is 11.3 Å². The van der Waals surface area contributed by atoms with E-state index in [2.05, 4.69) is 9.88 Å². The number of rotatable bonds is 4. The van der Waals surface area contributed by atoms with Gasteiger partial charge in [0.05, 0.1) is 24.1 Å². The number of hydrogen-bond acceptors (Lipinski definition) is 6. The molecule has 0 aliphatic carbocycles. The third-order valence-corrected chi connectivity index (χ3v) is 7.32. The molecule has 22 heavy (non-hydrogen) atoms. The van der Waals surface area contributed by atoms with Crippen molar-refractivity contribution in [3.05, 3.63) is 16.1 Å². The van der Waals surface area contributed by atoms with Crippen molar-refractivity contribution >= 4 is 21.4 Å². The van der Waals surface area contributed by atoms with E-state index in [1.165, 1.54) is 15.4 Å². The van der Waals surface area contributed by atoms with E-state index in [1.807, 2.05) is 12.4 Å². The largest absolute Gasteiger partial charge is 0.396 e. The van der Waals surface area contributed by atoms with Crippen LogP contribution in [-0.4, -0.2) is 66.8 Å². The average molecular weight is 345 g/mol. The summed E-state index contributed by atoms with van der Waals surface area (Å²) in [4.78, 5) is 7.93. The van der Waals surface area contributed by atoms with E-state index in [4.69, 9.17) is 0 Å². The number of piperidine rings is 1. The standard InChI is InChI=1S/C14H23N3O3S2/c1-11-13(21-10-15-11)7-16-4-3-14(9-18)8-17(22(2,19)20)6-12(14)5-16/h10,12,18H,3-9H2,1-2H3/t12-,14+/m1/s1. The predicted octanol–water partition coefficient (Wildman–Crippen LogP) is 0.527. The first kappa shape index (κ1) is 16.3. The maximum Gasteiger partial charge on any atom is 0.211 e. The Morgan fingerprint density at radius 2 is 2.27 bits per heavy atom. The second kappa shape index (κ2) is 5.83. The Balaban J connectivity index is 1.73. The molecule has 0 aromatic carbocycles. The Labute approximate surface area is 135 Å². The quantitative estimate of drug-likeness (QED) is 0.862. The molecule has 0 radical (unpaired) electrons. The number of aliphatic hydroxyl groups is 1. The summed E-state index contributed by atoms with van der Waals surface area (Å²) in [5.74, 6) is 0.203. The Hall–Kier alpha value is -0.540. The molecule has 0 unspecified atom stereocenters. The van der Waals surface area contributed by atoms with Crippen LogP contribution < -0.4 is 0 Å². The van der Waals surface area contributed by atoms with Gasteiger partial charge in [-0.3, -0.25) is 4.90 Å². The lowest BCUT2D eigenvalue weighted by atomic mass is 9.73. The SMILES string of the molecule is Cc1ncsc1CN1CC[C@@]2(CO)CN(S(C)(=O)=O)C[C@H]2C1. The zero-order chi connectivity index (χ0) is 16.0. The lowest BCUT2D eigenvalue weighted by molar-refractivity contribution is 0.0173. The molecule has 8 heteroatoms. The minimum atomic E-state index is -3.19. The molecule has 3 heterocycles. The van der Waals surface area contributed by atoms with Crippen molar-refractivity contribution in [3.63, 3.8) is 0 Å². The molecule has 2 aliphatic heterocycles. The van der Waals surface area contributed by atoms with Gasteiger partial charge in [0.1, 0.15) is 0 Å². The highest BCUT2D eigenvalue weighted by Gasteiger charge is 2.51. The monoisotopic (exact) mass is 345 g/mol. The van der Waals surface area contributed by atoms with Crippen LogP contribution in [0.2, 0.25) is 0 Å². The number of thiazole rings is 1. The fraction of sp³-hybridized carbons (Fsp3) is 0.786. The lowest BCUT2D eigenvalue weighted by Crippen LogP contribution is -2.48. The highest BCUT2D eigenvalue weighted by Crippen LogP contribution is 2.43. The van der Waals surface area contributed by atoms with Gasteiger partial charge in [-0.1, -0.05) is 0 Å². The maximum absolute atomic E-state index is 11.8. The normalized spacial score (nSPS) is 30.6. The van der Waals surface area contributed by atoms with Gasteiger partial charge < -0.3 is 5.11 Å². The predicted molar refractivity (Wildman–Crippen MR) is 86.2 cm³/mol. The first-order chi connectivity index (χ1) is 10.3. The van der Waals surface area contributed by atoms with Crippen molar-refractivity contribution in [2.24, 2.45) is 11.3 Å². The summed E-state index contributed by atoms with van der Waals surface area (Å²) in [5, 5.41) is 9.87. The number of nitrogens with zero attached hydrogens (tertiary/aromatic N) is 3. The van der Waals surface area contributed by atoms with Crippen LogP contribution in [0.5, 0.6) is 0 Å². The summed E-state index contributed by atoms with van der Waals surface area (Å²) in [5.41, 5.74) is 2.68. The highest BCUT2D eigenvalue weighted by atomic mass is 32.2. The number of aromatic nitrogens is 1. The minimum absolute atomic E-state index is 0.0666. The van der Waals surface area contributed by atoms with Crippen molar-refractivity contribution in [3.8, 4) is 0 Å². The number of aryl methyl sites for hydroxylation is 1. The number of sulfonamides is 1. The second-order valence-electron chi connectivity index (χ2n) is 6.62. The van der Waals surface area contributed by atoms with Crippen LogP contribution >= 0.6 is 11.3 Å².